The van der Waals surface area contributed by atoms with E-state index in [0.29, 0.717) is 25.1 Å². The number of hydrogen-bond acceptors (Lipinski definition) is 9. The first-order chi connectivity index (χ1) is 17.6. The van der Waals surface area contributed by atoms with Crippen molar-refractivity contribution in [1.29, 1.82) is 0 Å². The number of likely N-dealkylation sites (N-methyl/N-ethyl adjacent to an activating group) is 1. The van der Waals surface area contributed by atoms with Crippen LogP contribution in [0.1, 0.15) is 29.9 Å². The van der Waals surface area contributed by atoms with Gasteiger partial charge in [-0.2, -0.15) is 0 Å². The van der Waals surface area contributed by atoms with Gasteiger partial charge in [-0.15, -0.1) is 0 Å². The molecule has 3 heterocycles. The van der Waals surface area contributed by atoms with Gasteiger partial charge in [-0.3, -0.25) is 19.9 Å². The molecule has 0 bridgehead atoms. The van der Waals surface area contributed by atoms with Gasteiger partial charge in [-0.1, -0.05) is 13.0 Å². The number of aliphatic hydroxyl groups is 1. The van der Waals surface area contributed by atoms with Gasteiger partial charge in [0.25, 0.3) is 5.69 Å². The Labute approximate surface area is 213 Å². The molecule has 0 unspecified atom stereocenters. The maximum atomic E-state index is 13.2. The average Bonchev–Trinajstić information content (AvgIpc) is 3.11. The van der Waals surface area contributed by atoms with Crippen molar-refractivity contribution in [3.05, 3.63) is 81.3 Å². The zero-order valence-corrected chi connectivity index (χ0v) is 20.7. The number of pyridine rings is 1. The lowest BCUT2D eigenvalue weighted by atomic mass is 9.77. The van der Waals surface area contributed by atoms with E-state index in [9.17, 15) is 29.6 Å². The van der Waals surface area contributed by atoms with E-state index in [1.165, 1.54) is 17.0 Å². The third-order valence-electron chi connectivity index (χ3n) is 6.92. The summed E-state index contributed by atoms with van der Waals surface area (Å²) in [5.41, 5.74) is 1.34. The first-order valence-corrected chi connectivity index (χ1v) is 11.9. The van der Waals surface area contributed by atoms with Crippen LogP contribution in [0, 0.1) is 22.0 Å². The summed E-state index contributed by atoms with van der Waals surface area (Å²) in [5, 5.41) is 21.0. The highest BCUT2D eigenvalue weighted by Crippen LogP contribution is 2.47. The number of rotatable bonds is 9. The Morgan fingerprint density at radius 1 is 1.22 bits per heavy atom. The monoisotopic (exact) mass is 508 g/mol. The van der Waals surface area contributed by atoms with Crippen LogP contribution in [0.3, 0.4) is 0 Å². The molecule has 2 aliphatic heterocycles. The van der Waals surface area contributed by atoms with Crippen LogP contribution in [0.15, 0.2) is 59.9 Å². The van der Waals surface area contributed by atoms with Crippen LogP contribution in [0.4, 0.5) is 5.69 Å². The first-order valence-electron chi connectivity index (χ1n) is 11.9. The van der Waals surface area contributed by atoms with Crippen LogP contribution < -0.4 is 0 Å². The predicted molar refractivity (Wildman–Crippen MR) is 131 cm³/mol. The van der Waals surface area contributed by atoms with Crippen molar-refractivity contribution in [2.75, 3.05) is 20.1 Å². The zero-order valence-electron chi connectivity index (χ0n) is 20.7. The Morgan fingerprint density at radius 3 is 2.51 bits per heavy atom. The largest absolute Gasteiger partial charge is 0.393 e. The lowest BCUT2D eigenvalue weighted by Gasteiger charge is -2.46. The number of nitro benzene ring substituents is 1. The van der Waals surface area contributed by atoms with Crippen LogP contribution in [0.2, 0.25) is 0 Å². The molecule has 1 aromatic heterocycles. The predicted octanol–water partition coefficient (Wildman–Crippen LogP) is 1.96. The standard InChI is InChI=1S/C26H28N4O7/c1-15-20(14-28(3)13-11-18-6-4-5-12-27-18)23(29-22(15)21(16(2)31)24(29)32)26(34)37-25(33)17-7-9-19(10-8-17)30(35)36/h4-10,12,15-16,21-22,31H,11,13-14H2,1-3H3/t15-,16+,21+,22+/m0/s1. The molecular weight excluding hydrogens is 480 g/mol. The van der Waals surface area contributed by atoms with Crippen LogP contribution in [0.25, 0.3) is 0 Å². The van der Waals surface area contributed by atoms with Gasteiger partial charge >= 0.3 is 11.9 Å². The number of aliphatic hydroxyl groups excluding tert-OH is 1. The molecule has 4 atom stereocenters. The molecule has 11 heteroatoms. The van der Waals surface area contributed by atoms with Gasteiger partial charge in [0.1, 0.15) is 5.70 Å². The van der Waals surface area contributed by atoms with E-state index in [1.54, 1.807) is 13.1 Å². The molecule has 0 radical (unpaired) electrons. The number of amides is 1. The van der Waals surface area contributed by atoms with E-state index in [0.717, 1.165) is 17.8 Å². The number of carbonyl (C=O) groups excluding carboxylic acids is 3. The second-order valence-corrected chi connectivity index (χ2v) is 9.42. The highest BCUT2D eigenvalue weighted by Gasteiger charge is 2.60. The summed E-state index contributed by atoms with van der Waals surface area (Å²) >= 11 is 0. The van der Waals surface area contributed by atoms with Crippen molar-refractivity contribution < 1.29 is 29.2 Å². The van der Waals surface area contributed by atoms with Crippen molar-refractivity contribution >= 4 is 23.5 Å². The number of β-lactam (4-membered cyclic amide) rings is 1. The number of nitrogens with zero attached hydrogens (tertiary/aromatic N) is 4. The average molecular weight is 509 g/mol. The number of fused-ring (bicyclic) bond motifs is 1. The third-order valence-corrected chi connectivity index (χ3v) is 6.92. The van der Waals surface area contributed by atoms with Crippen LogP contribution in [-0.4, -0.2) is 74.9 Å². The molecular formula is C26H28N4O7. The lowest BCUT2D eigenvalue weighted by molar-refractivity contribution is -0.384. The molecule has 1 aromatic carbocycles. The molecule has 0 saturated carbocycles. The number of aromatic nitrogens is 1. The fourth-order valence-electron chi connectivity index (χ4n) is 4.97. The van der Waals surface area contributed by atoms with Crippen molar-refractivity contribution in [3.8, 4) is 0 Å². The Hall–Kier alpha value is -3.96. The minimum absolute atomic E-state index is 0.0133. The van der Waals surface area contributed by atoms with Crippen molar-refractivity contribution in [2.24, 2.45) is 11.8 Å². The zero-order chi connectivity index (χ0) is 26.9. The molecule has 1 amide bonds. The maximum absolute atomic E-state index is 13.2. The normalized spacial score (nSPS) is 21.5. The number of esters is 2. The summed E-state index contributed by atoms with van der Waals surface area (Å²) in [6, 6.07) is 9.95. The molecule has 0 aliphatic carbocycles. The summed E-state index contributed by atoms with van der Waals surface area (Å²) in [6.45, 7) is 4.41. The molecule has 37 heavy (non-hydrogen) atoms. The smallest absolute Gasteiger partial charge is 0.362 e. The molecule has 1 N–H and O–H groups in total. The minimum atomic E-state index is -0.980. The van der Waals surface area contributed by atoms with Gasteiger partial charge in [0.2, 0.25) is 5.91 Å². The van der Waals surface area contributed by atoms with Gasteiger partial charge in [0.15, 0.2) is 0 Å². The SMILES string of the molecule is C[C@@H](O)[C@H]1C(=O)N2C(C(=O)OC(=O)c3ccc([N+](=O)[O-])cc3)=C(CN(C)CCc3ccccn3)[C@H](C)[C@H]12. The quantitative estimate of drug-likeness (QED) is 0.177. The molecule has 4 rings (SSSR count). The maximum Gasteiger partial charge on any atom is 0.362 e. The van der Waals surface area contributed by atoms with E-state index in [2.05, 4.69) is 4.98 Å². The lowest BCUT2D eigenvalue weighted by Crippen LogP contribution is -2.63. The van der Waals surface area contributed by atoms with Gasteiger partial charge in [0.05, 0.1) is 28.6 Å². The molecule has 0 spiro atoms. The Bertz CT molecular complexity index is 1240. The highest BCUT2D eigenvalue weighted by molar-refractivity contribution is 6.06. The fraction of sp³-hybridized carbons (Fsp3) is 0.385. The summed E-state index contributed by atoms with van der Waals surface area (Å²) in [7, 11) is 1.89. The molecule has 194 valence electrons. The number of hydrogen-bond donors (Lipinski definition) is 1. The van der Waals surface area contributed by atoms with Crippen molar-refractivity contribution in [3.63, 3.8) is 0 Å². The number of carbonyl (C=O) groups is 3. The summed E-state index contributed by atoms with van der Waals surface area (Å²) in [4.78, 5) is 56.7. The van der Waals surface area contributed by atoms with E-state index in [1.807, 2.05) is 37.1 Å². The fourth-order valence-corrected chi connectivity index (χ4v) is 4.97. The van der Waals surface area contributed by atoms with Gasteiger partial charge in [-0.25, -0.2) is 9.59 Å². The number of non-ortho nitro benzene ring substituents is 1. The molecule has 2 aromatic rings. The summed E-state index contributed by atoms with van der Waals surface area (Å²) in [6.07, 6.45) is 1.51. The number of ether oxygens (including phenoxy) is 1. The van der Waals surface area contributed by atoms with Crippen LogP contribution in [-0.2, 0) is 20.7 Å². The van der Waals surface area contributed by atoms with Gasteiger partial charge in [0, 0.05) is 49.5 Å². The number of benzene rings is 1. The van der Waals surface area contributed by atoms with E-state index >= 15 is 0 Å². The highest BCUT2D eigenvalue weighted by atomic mass is 16.6. The summed E-state index contributed by atoms with van der Waals surface area (Å²) < 4.78 is 5.12. The molecule has 1 saturated heterocycles. The second kappa shape index (κ2) is 10.6. The minimum Gasteiger partial charge on any atom is -0.393 e. The van der Waals surface area contributed by atoms with Crippen LogP contribution in [0.5, 0.6) is 0 Å². The Balaban J connectivity index is 1.55. The third kappa shape index (κ3) is 5.13. The van der Waals surface area contributed by atoms with Crippen LogP contribution >= 0.6 is 0 Å². The van der Waals surface area contributed by atoms with Gasteiger partial charge < -0.3 is 19.6 Å². The van der Waals surface area contributed by atoms with E-state index < -0.39 is 40.8 Å². The second-order valence-electron chi connectivity index (χ2n) is 9.42. The molecule has 1 fully saturated rings. The summed E-state index contributed by atoms with van der Waals surface area (Å²) in [5.74, 6) is -3.24. The first kappa shape index (κ1) is 26.1. The Kier molecular flexibility index (Phi) is 7.46. The van der Waals surface area contributed by atoms with Crippen molar-refractivity contribution in [2.45, 2.75) is 32.4 Å². The van der Waals surface area contributed by atoms with E-state index in [-0.39, 0.29) is 22.9 Å². The topological polar surface area (TPSA) is 143 Å². The van der Waals surface area contributed by atoms with E-state index in [4.69, 9.17) is 4.74 Å². The Morgan fingerprint density at radius 2 is 1.92 bits per heavy atom. The van der Waals surface area contributed by atoms with Crippen molar-refractivity contribution in [1.82, 2.24) is 14.8 Å². The molecule has 11 nitrogen and oxygen atoms in total. The number of nitro groups is 1. The molecule has 2 aliphatic rings. The van der Waals surface area contributed by atoms with Gasteiger partial charge in [-0.05, 0) is 43.8 Å².